The van der Waals surface area contributed by atoms with Gasteiger partial charge in [-0.25, -0.2) is 8.78 Å². The van der Waals surface area contributed by atoms with Crippen molar-refractivity contribution in [2.45, 2.75) is 13.0 Å². The van der Waals surface area contributed by atoms with E-state index in [0.29, 0.717) is 13.1 Å². The molecule has 0 unspecified atom stereocenters. The van der Waals surface area contributed by atoms with E-state index in [1.165, 1.54) is 0 Å². The van der Waals surface area contributed by atoms with Crippen molar-refractivity contribution in [3.8, 4) is 0 Å². The van der Waals surface area contributed by atoms with Gasteiger partial charge in [-0.1, -0.05) is 30.3 Å². The first-order valence-corrected chi connectivity index (χ1v) is 6.05. The van der Waals surface area contributed by atoms with Crippen LogP contribution in [-0.2, 0) is 16.1 Å². The van der Waals surface area contributed by atoms with E-state index in [4.69, 9.17) is 0 Å². The van der Waals surface area contributed by atoms with Crippen molar-refractivity contribution in [2.75, 3.05) is 26.3 Å². The van der Waals surface area contributed by atoms with Gasteiger partial charge in [0.15, 0.2) is 0 Å². The number of hydrogen-bond donors (Lipinski definition) is 2. The van der Waals surface area contributed by atoms with Crippen molar-refractivity contribution in [1.82, 2.24) is 10.6 Å². The zero-order chi connectivity index (χ0) is 13.9. The van der Waals surface area contributed by atoms with E-state index in [1.54, 1.807) is 0 Å². The molecule has 0 aromatic heterocycles. The van der Waals surface area contributed by atoms with Crippen LogP contribution in [-0.4, -0.2) is 38.6 Å². The summed E-state index contributed by atoms with van der Waals surface area (Å²) in [7, 11) is 0. The Morgan fingerprint density at radius 3 is 2.68 bits per heavy atom. The van der Waals surface area contributed by atoms with E-state index in [9.17, 15) is 13.6 Å². The SMILES string of the molecule is O=C(CNCCOCC(F)F)NCc1ccccc1. The average molecular weight is 272 g/mol. The van der Waals surface area contributed by atoms with Gasteiger partial charge < -0.3 is 15.4 Å². The molecule has 0 aliphatic carbocycles. The van der Waals surface area contributed by atoms with Crippen LogP contribution in [0.5, 0.6) is 0 Å². The number of rotatable bonds is 9. The molecule has 1 aromatic carbocycles. The van der Waals surface area contributed by atoms with Gasteiger partial charge in [0.25, 0.3) is 6.43 Å². The molecule has 1 rings (SSSR count). The number of alkyl halides is 2. The predicted octanol–water partition coefficient (Wildman–Crippen LogP) is 1.17. The lowest BCUT2D eigenvalue weighted by molar-refractivity contribution is -0.120. The molecule has 4 nitrogen and oxygen atoms in total. The largest absolute Gasteiger partial charge is 0.374 e. The van der Waals surface area contributed by atoms with Gasteiger partial charge in [-0.2, -0.15) is 0 Å². The minimum absolute atomic E-state index is 0.141. The summed E-state index contributed by atoms with van der Waals surface area (Å²) in [6.45, 7) is 0.581. The molecule has 0 fully saturated rings. The molecule has 0 bridgehead atoms. The minimum atomic E-state index is -2.45. The molecule has 0 spiro atoms. The highest BCUT2D eigenvalue weighted by molar-refractivity contribution is 5.77. The van der Waals surface area contributed by atoms with Crippen molar-refractivity contribution in [2.24, 2.45) is 0 Å². The van der Waals surface area contributed by atoms with Crippen LogP contribution in [0.15, 0.2) is 30.3 Å². The van der Waals surface area contributed by atoms with E-state index in [1.807, 2.05) is 30.3 Å². The van der Waals surface area contributed by atoms with Crippen molar-refractivity contribution in [1.29, 1.82) is 0 Å². The maximum absolute atomic E-state index is 11.7. The first kappa shape index (κ1) is 15.5. The van der Waals surface area contributed by atoms with E-state index in [0.717, 1.165) is 5.56 Å². The van der Waals surface area contributed by atoms with Gasteiger partial charge in [0.1, 0.15) is 6.61 Å². The van der Waals surface area contributed by atoms with Crippen LogP contribution in [0.25, 0.3) is 0 Å². The molecule has 19 heavy (non-hydrogen) atoms. The van der Waals surface area contributed by atoms with Gasteiger partial charge in [0, 0.05) is 13.1 Å². The number of nitrogens with one attached hydrogen (secondary N) is 2. The summed E-state index contributed by atoms with van der Waals surface area (Å²) in [5, 5.41) is 5.56. The van der Waals surface area contributed by atoms with Crippen LogP contribution in [0.4, 0.5) is 8.78 Å². The van der Waals surface area contributed by atoms with E-state index in [-0.39, 0.29) is 19.1 Å². The van der Waals surface area contributed by atoms with Crippen LogP contribution in [0.3, 0.4) is 0 Å². The maximum atomic E-state index is 11.7. The number of carbonyl (C=O) groups excluding carboxylic acids is 1. The second kappa shape index (κ2) is 9.41. The highest BCUT2D eigenvalue weighted by Gasteiger charge is 2.02. The van der Waals surface area contributed by atoms with Gasteiger partial charge in [0.2, 0.25) is 5.91 Å². The second-order valence-corrected chi connectivity index (χ2v) is 3.91. The Balaban J connectivity index is 1.99. The summed E-state index contributed by atoms with van der Waals surface area (Å²) in [4.78, 5) is 11.4. The molecule has 0 heterocycles. The fraction of sp³-hybridized carbons (Fsp3) is 0.462. The molecule has 0 aliphatic heterocycles. The Morgan fingerprint density at radius 1 is 1.26 bits per heavy atom. The van der Waals surface area contributed by atoms with Crippen LogP contribution in [0.2, 0.25) is 0 Å². The Labute approximate surface area is 111 Å². The van der Waals surface area contributed by atoms with Gasteiger partial charge >= 0.3 is 0 Å². The van der Waals surface area contributed by atoms with Crippen LogP contribution in [0.1, 0.15) is 5.56 Å². The number of hydrogen-bond acceptors (Lipinski definition) is 3. The molecule has 1 amide bonds. The summed E-state index contributed by atoms with van der Waals surface area (Å²) >= 11 is 0. The topological polar surface area (TPSA) is 50.4 Å². The number of halogens is 2. The normalized spacial score (nSPS) is 10.7. The average Bonchev–Trinajstić information content (AvgIpc) is 2.41. The lowest BCUT2D eigenvalue weighted by Gasteiger charge is -2.07. The third kappa shape index (κ3) is 8.23. The van der Waals surface area contributed by atoms with Crippen molar-refractivity contribution < 1.29 is 18.3 Å². The zero-order valence-electron chi connectivity index (χ0n) is 10.6. The van der Waals surface area contributed by atoms with Crippen LogP contribution >= 0.6 is 0 Å². The fourth-order valence-corrected chi connectivity index (χ4v) is 1.38. The summed E-state index contributed by atoms with van der Waals surface area (Å²) in [6.07, 6.45) is -2.45. The van der Waals surface area contributed by atoms with Crippen molar-refractivity contribution in [3.05, 3.63) is 35.9 Å². The Morgan fingerprint density at radius 2 is 2.00 bits per heavy atom. The molecule has 2 N–H and O–H groups in total. The number of ether oxygens (including phenoxy) is 1. The van der Waals surface area contributed by atoms with E-state index >= 15 is 0 Å². The quantitative estimate of drug-likeness (QED) is 0.664. The Bertz CT molecular complexity index is 361. The monoisotopic (exact) mass is 272 g/mol. The number of carbonyl (C=O) groups is 1. The van der Waals surface area contributed by atoms with Crippen molar-refractivity contribution in [3.63, 3.8) is 0 Å². The summed E-state index contributed by atoms with van der Waals surface area (Å²) in [5.74, 6) is -0.141. The summed E-state index contributed by atoms with van der Waals surface area (Å²) < 4.78 is 28.1. The fourth-order valence-electron chi connectivity index (χ4n) is 1.38. The number of benzene rings is 1. The highest BCUT2D eigenvalue weighted by atomic mass is 19.3. The first-order valence-electron chi connectivity index (χ1n) is 6.05. The lowest BCUT2D eigenvalue weighted by Crippen LogP contribution is -2.35. The van der Waals surface area contributed by atoms with Gasteiger partial charge in [-0.3, -0.25) is 4.79 Å². The van der Waals surface area contributed by atoms with E-state index < -0.39 is 13.0 Å². The lowest BCUT2D eigenvalue weighted by atomic mass is 10.2. The molecule has 0 saturated heterocycles. The standard InChI is InChI=1S/C13H18F2N2O2/c14-12(15)10-19-7-6-16-9-13(18)17-8-11-4-2-1-3-5-11/h1-5,12,16H,6-10H2,(H,17,18). The Hall–Kier alpha value is -1.53. The first-order chi connectivity index (χ1) is 9.18. The number of amides is 1. The third-order valence-corrected chi connectivity index (χ3v) is 2.29. The molecule has 0 aliphatic rings. The summed E-state index contributed by atoms with van der Waals surface area (Å²) in [6, 6.07) is 9.56. The van der Waals surface area contributed by atoms with E-state index in [2.05, 4.69) is 15.4 Å². The highest BCUT2D eigenvalue weighted by Crippen LogP contribution is 1.96. The van der Waals surface area contributed by atoms with Gasteiger partial charge in [-0.05, 0) is 5.56 Å². The summed E-state index contributed by atoms with van der Waals surface area (Å²) in [5.41, 5.74) is 1.02. The zero-order valence-corrected chi connectivity index (χ0v) is 10.6. The molecule has 106 valence electrons. The molecule has 0 atom stereocenters. The second-order valence-electron chi connectivity index (χ2n) is 3.91. The maximum Gasteiger partial charge on any atom is 0.261 e. The molecule has 6 heteroatoms. The Kier molecular flexibility index (Phi) is 7.69. The molecule has 0 radical (unpaired) electrons. The predicted molar refractivity (Wildman–Crippen MR) is 68.0 cm³/mol. The minimum Gasteiger partial charge on any atom is -0.374 e. The van der Waals surface area contributed by atoms with Crippen LogP contribution < -0.4 is 10.6 Å². The molecular weight excluding hydrogens is 254 g/mol. The molecular formula is C13H18F2N2O2. The van der Waals surface area contributed by atoms with Crippen molar-refractivity contribution >= 4 is 5.91 Å². The van der Waals surface area contributed by atoms with Crippen LogP contribution in [0, 0.1) is 0 Å². The van der Waals surface area contributed by atoms with Gasteiger partial charge in [0.05, 0.1) is 13.2 Å². The smallest absolute Gasteiger partial charge is 0.261 e. The molecule has 1 aromatic rings. The third-order valence-electron chi connectivity index (χ3n) is 2.29. The molecule has 0 saturated carbocycles. The van der Waals surface area contributed by atoms with Gasteiger partial charge in [-0.15, -0.1) is 0 Å².